The fraction of sp³-hybridized carbons (Fsp3) is 0.615. The number of H-pyrrole nitrogens is 1. The highest BCUT2D eigenvalue weighted by molar-refractivity contribution is 8.06. The number of aromatic amines is 1. The van der Waals surface area contributed by atoms with Crippen LogP contribution >= 0.6 is 6.72 Å². The van der Waals surface area contributed by atoms with E-state index < -0.39 is 42.9 Å². The topological polar surface area (TPSA) is 198 Å². The van der Waals surface area contributed by atoms with E-state index in [0.29, 0.717) is 0 Å². The molecule has 13 nitrogen and oxygen atoms in total. The van der Waals surface area contributed by atoms with Gasteiger partial charge in [0.1, 0.15) is 18.3 Å². The third-order valence-electron chi connectivity index (χ3n) is 4.43. The minimum absolute atomic E-state index is 0.0145. The lowest BCUT2D eigenvalue weighted by molar-refractivity contribution is -0.157. The summed E-state index contributed by atoms with van der Waals surface area (Å²) in [5.41, 5.74) is 3.32. The fourth-order valence-electron chi connectivity index (χ4n) is 3.26. The summed E-state index contributed by atoms with van der Waals surface area (Å²) in [6, 6.07) is 0. The third-order valence-corrected chi connectivity index (χ3v) is 5.21. The number of nitrogens with one attached hydrogen (secondary N) is 1. The number of anilines is 1. The molecule has 1 aliphatic rings. The van der Waals surface area contributed by atoms with Crippen molar-refractivity contribution in [2.75, 3.05) is 26.1 Å². The van der Waals surface area contributed by atoms with Crippen molar-refractivity contribution >= 4 is 35.6 Å². The van der Waals surface area contributed by atoms with Crippen LogP contribution in [0.4, 0.5) is 5.95 Å². The summed E-state index contributed by atoms with van der Waals surface area (Å²) in [5.74, 6) is -0.179. The summed E-state index contributed by atoms with van der Waals surface area (Å²) in [6.45, 7) is -4.72. The van der Waals surface area contributed by atoms with Crippen LogP contribution in [-0.4, -0.2) is 78.2 Å². The number of nitrogens with two attached hydrogens (primary N) is 1. The van der Waals surface area contributed by atoms with Gasteiger partial charge in [0.25, 0.3) is 5.56 Å². The standard InChI is InChI=1S/C13H20N5O8PS/c1-24-3-2-13(9(20)8(6(4-19)25-13)26-27(22,23)28)18-5-15-7-10(18)16-12(14)17-11(7)21/h5-6,8-9,19-20H,2-4H2,1H3,(H2,22,23,28)(H3,14,16,17,21)/t6-,8-,9-,13-/m1/s1. The number of rotatable bonds is 7. The van der Waals surface area contributed by atoms with E-state index in [1.54, 1.807) is 0 Å². The van der Waals surface area contributed by atoms with E-state index in [9.17, 15) is 24.8 Å². The molecule has 0 aromatic carbocycles. The first kappa shape index (κ1) is 21.2. The van der Waals surface area contributed by atoms with Crippen molar-refractivity contribution in [3.8, 4) is 0 Å². The number of fused-ring (bicyclic) bond motifs is 1. The van der Waals surface area contributed by atoms with Crippen LogP contribution in [0, 0.1) is 0 Å². The van der Waals surface area contributed by atoms with Gasteiger partial charge >= 0.3 is 6.72 Å². The Bertz CT molecular complexity index is 962. The van der Waals surface area contributed by atoms with E-state index >= 15 is 0 Å². The van der Waals surface area contributed by atoms with Gasteiger partial charge in [-0.05, 0) is 11.8 Å². The van der Waals surface area contributed by atoms with Gasteiger partial charge in [-0.25, -0.2) is 4.98 Å². The summed E-state index contributed by atoms with van der Waals surface area (Å²) >= 11 is 4.48. The van der Waals surface area contributed by atoms with Gasteiger partial charge in [0.2, 0.25) is 5.95 Å². The minimum atomic E-state index is -4.19. The zero-order valence-corrected chi connectivity index (χ0v) is 16.3. The quantitative estimate of drug-likeness (QED) is 0.254. The molecule has 28 heavy (non-hydrogen) atoms. The van der Waals surface area contributed by atoms with Crippen molar-refractivity contribution in [3.63, 3.8) is 0 Å². The molecule has 0 spiro atoms. The molecule has 0 amide bonds. The second-order valence-corrected chi connectivity index (χ2v) is 8.79. The van der Waals surface area contributed by atoms with Gasteiger partial charge in [-0.15, -0.1) is 0 Å². The van der Waals surface area contributed by atoms with Gasteiger partial charge in [-0.1, -0.05) is 0 Å². The van der Waals surface area contributed by atoms with Crippen LogP contribution in [0.25, 0.3) is 11.2 Å². The normalized spacial score (nSPS) is 28.2. The highest BCUT2D eigenvalue weighted by Gasteiger charge is 2.57. The fourth-order valence-corrected chi connectivity index (χ4v) is 4.13. The van der Waals surface area contributed by atoms with Gasteiger partial charge in [-0.2, -0.15) is 4.98 Å². The van der Waals surface area contributed by atoms with E-state index in [4.69, 9.17) is 19.7 Å². The van der Waals surface area contributed by atoms with Gasteiger partial charge in [0.15, 0.2) is 16.9 Å². The van der Waals surface area contributed by atoms with Gasteiger partial charge in [0.05, 0.1) is 19.5 Å². The Kier molecular flexibility index (Phi) is 5.87. The first-order chi connectivity index (χ1) is 13.1. The summed E-state index contributed by atoms with van der Waals surface area (Å²) in [7, 11) is 1.43. The van der Waals surface area contributed by atoms with Gasteiger partial charge in [0, 0.05) is 13.5 Å². The van der Waals surface area contributed by atoms with Crippen molar-refractivity contribution < 1.29 is 34.0 Å². The van der Waals surface area contributed by atoms with Crippen molar-refractivity contribution in [2.24, 2.45) is 0 Å². The van der Waals surface area contributed by atoms with Crippen LogP contribution in [0.1, 0.15) is 6.42 Å². The van der Waals surface area contributed by atoms with Gasteiger partial charge < -0.3 is 35.2 Å². The number of aliphatic hydroxyl groups is 2. The molecule has 1 saturated heterocycles. The first-order valence-electron chi connectivity index (χ1n) is 8.06. The van der Waals surface area contributed by atoms with Crippen LogP contribution in [-0.2, 0) is 31.5 Å². The number of nitrogens with zero attached hydrogens (tertiary/aromatic N) is 3. The molecule has 7 N–H and O–H groups in total. The lowest BCUT2D eigenvalue weighted by Gasteiger charge is -2.34. The number of aromatic nitrogens is 4. The van der Waals surface area contributed by atoms with Crippen LogP contribution in [0.15, 0.2) is 11.1 Å². The Hall–Kier alpha value is -1.48. The molecular formula is C13H20N5O8PS. The largest absolute Gasteiger partial charge is 0.394 e. The summed E-state index contributed by atoms with van der Waals surface area (Å²) in [6.07, 6.45) is -2.86. The molecule has 0 bridgehead atoms. The minimum Gasteiger partial charge on any atom is -0.394 e. The Balaban J connectivity index is 2.17. The number of nitrogen functional groups attached to an aromatic ring is 1. The molecule has 0 aliphatic carbocycles. The third kappa shape index (κ3) is 3.70. The lowest BCUT2D eigenvalue weighted by atomic mass is 9.99. The van der Waals surface area contributed by atoms with E-state index in [1.165, 1.54) is 18.0 Å². The molecule has 3 heterocycles. The highest BCUT2D eigenvalue weighted by atomic mass is 32.5. The Labute approximate surface area is 163 Å². The molecule has 156 valence electrons. The van der Waals surface area contributed by atoms with Crippen molar-refractivity contribution in [3.05, 3.63) is 16.7 Å². The molecule has 3 rings (SSSR count). The van der Waals surface area contributed by atoms with E-state index in [2.05, 4.69) is 26.8 Å². The smallest absolute Gasteiger partial charge is 0.322 e. The number of aliphatic hydroxyl groups excluding tert-OH is 2. The van der Waals surface area contributed by atoms with Crippen LogP contribution in [0.2, 0.25) is 0 Å². The zero-order chi connectivity index (χ0) is 20.7. The molecule has 1 aliphatic heterocycles. The van der Waals surface area contributed by atoms with Crippen molar-refractivity contribution in [1.29, 1.82) is 0 Å². The summed E-state index contributed by atoms with van der Waals surface area (Å²) in [4.78, 5) is 41.5. The molecular weight excluding hydrogens is 417 g/mol. The molecule has 4 atom stereocenters. The number of methoxy groups -OCH3 is 1. The average Bonchev–Trinajstić information content (AvgIpc) is 3.13. The second kappa shape index (κ2) is 7.74. The predicted octanol–water partition coefficient (Wildman–Crippen LogP) is -2.26. The molecule has 2 aromatic heterocycles. The molecule has 0 unspecified atom stereocenters. The number of imidazole rings is 1. The van der Waals surface area contributed by atoms with E-state index in [-0.39, 0.29) is 30.1 Å². The monoisotopic (exact) mass is 437 g/mol. The summed E-state index contributed by atoms with van der Waals surface area (Å²) in [5, 5.41) is 20.7. The van der Waals surface area contributed by atoms with Crippen LogP contribution in [0.5, 0.6) is 0 Å². The zero-order valence-electron chi connectivity index (χ0n) is 14.6. The Morgan fingerprint density at radius 2 is 2.25 bits per heavy atom. The highest BCUT2D eigenvalue weighted by Crippen LogP contribution is 2.47. The molecule has 2 aromatic rings. The predicted molar refractivity (Wildman–Crippen MR) is 98.6 cm³/mol. The second-order valence-electron chi connectivity index (χ2n) is 6.17. The maximum absolute atomic E-state index is 12.1. The molecule has 0 saturated carbocycles. The van der Waals surface area contributed by atoms with Crippen molar-refractivity contribution in [2.45, 2.75) is 30.5 Å². The molecule has 1 fully saturated rings. The Morgan fingerprint density at radius 3 is 2.86 bits per heavy atom. The van der Waals surface area contributed by atoms with Crippen molar-refractivity contribution in [1.82, 2.24) is 19.5 Å². The Morgan fingerprint density at radius 1 is 1.54 bits per heavy atom. The molecule has 15 heteroatoms. The maximum atomic E-state index is 12.1. The first-order valence-corrected chi connectivity index (χ1v) is 10.7. The van der Waals surface area contributed by atoms with Gasteiger partial charge in [-0.3, -0.25) is 18.9 Å². The summed E-state index contributed by atoms with van der Waals surface area (Å²) < 4.78 is 17.3. The number of hydrogen-bond acceptors (Lipinski definition) is 10. The molecule has 0 radical (unpaired) electrons. The number of hydrogen-bond donors (Lipinski definition) is 6. The SMILES string of the molecule is COCC[C@@]1(n2cnc3c(=O)[nH]c(N)nc32)O[C@H](CO)[C@@H](OP(O)(O)=S)[C@H]1O. The van der Waals surface area contributed by atoms with E-state index in [0.717, 1.165) is 0 Å². The van der Waals surface area contributed by atoms with Crippen LogP contribution < -0.4 is 11.3 Å². The number of ether oxygens (including phenoxy) is 2. The lowest BCUT2D eigenvalue weighted by Crippen LogP contribution is -2.47. The average molecular weight is 437 g/mol. The maximum Gasteiger partial charge on any atom is 0.322 e. The van der Waals surface area contributed by atoms with Crippen LogP contribution in [0.3, 0.4) is 0 Å². The van der Waals surface area contributed by atoms with E-state index in [1.807, 2.05) is 0 Å².